The van der Waals surface area contributed by atoms with Crippen LogP contribution in [-0.4, -0.2) is 60.0 Å². The molecule has 2 aromatic carbocycles. The zero-order valence-electron chi connectivity index (χ0n) is 16.2. The molecule has 1 fully saturated rings. The van der Waals surface area contributed by atoms with Crippen molar-refractivity contribution in [2.24, 2.45) is 0 Å². The van der Waals surface area contributed by atoms with E-state index in [1.165, 1.54) is 17.2 Å². The number of carbonyl (C=O) groups excluding carboxylic acids is 1. The summed E-state index contributed by atoms with van der Waals surface area (Å²) >= 11 is 0. The molecule has 4 rings (SSSR count). The van der Waals surface area contributed by atoms with Gasteiger partial charge in [-0.25, -0.2) is 0 Å². The number of anilines is 1. The first kappa shape index (κ1) is 19.4. The first-order valence-electron chi connectivity index (χ1n) is 9.81. The lowest BCUT2D eigenvalue weighted by molar-refractivity contribution is -0.383. The predicted molar refractivity (Wildman–Crippen MR) is 109 cm³/mol. The maximum Gasteiger partial charge on any atom is 0.292 e. The smallest absolute Gasteiger partial charge is 0.292 e. The number of nitro groups is 1. The SMILES string of the molecule is O=C(CN1CCN(Cc2ccc3c(c2)CCO3)CC1)Nc1ccccc1[N+](=O)[O-]. The Morgan fingerprint density at radius 2 is 1.86 bits per heavy atom. The summed E-state index contributed by atoms with van der Waals surface area (Å²) in [4.78, 5) is 27.4. The molecule has 29 heavy (non-hydrogen) atoms. The summed E-state index contributed by atoms with van der Waals surface area (Å²) in [5.41, 5.74) is 2.72. The number of hydrogen-bond donors (Lipinski definition) is 1. The Balaban J connectivity index is 1.26. The highest BCUT2D eigenvalue weighted by Gasteiger charge is 2.21. The van der Waals surface area contributed by atoms with Crippen LogP contribution >= 0.6 is 0 Å². The second kappa shape index (κ2) is 8.59. The zero-order chi connectivity index (χ0) is 20.2. The van der Waals surface area contributed by atoms with E-state index in [0.29, 0.717) is 0 Å². The standard InChI is InChI=1S/C21H24N4O4/c26-21(22-18-3-1-2-4-19(18)25(27)28)15-24-10-8-23(9-11-24)14-16-5-6-20-17(13-16)7-12-29-20/h1-6,13H,7-12,14-15H2,(H,22,26). The Kier molecular flexibility index (Phi) is 5.73. The van der Waals surface area contributed by atoms with E-state index in [1.807, 2.05) is 0 Å². The molecule has 2 aliphatic rings. The molecule has 2 aliphatic heterocycles. The van der Waals surface area contributed by atoms with Crippen LogP contribution in [0.4, 0.5) is 11.4 Å². The lowest BCUT2D eigenvalue weighted by Gasteiger charge is -2.34. The van der Waals surface area contributed by atoms with E-state index in [1.54, 1.807) is 18.2 Å². The summed E-state index contributed by atoms with van der Waals surface area (Å²) in [6.45, 7) is 5.24. The van der Waals surface area contributed by atoms with Crippen molar-refractivity contribution in [2.75, 3.05) is 44.6 Å². The van der Waals surface area contributed by atoms with Gasteiger partial charge < -0.3 is 10.1 Å². The second-order valence-electron chi connectivity index (χ2n) is 7.42. The highest BCUT2D eigenvalue weighted by molar-refractivity contribution is 5.94. The minimum absolute atomic E-state index is 0.0922. The molecular formula is C21H24N4O4. The Morgan fingerprint density at radius 1 is 1.10 bits per heavy atom. The molecule has 1 N–H and O–H groups in total. The van der Waals surface area contributed by atoms with Gasteiger partial charge in [-0.05, 0) is 23.3 Å². The molecule has 0 unspecified atom stereocenters. The number of rotatable bonds is 6. The Morgan fingerprint density at radius 3 is 2.66 bits per heavy atom. The van der Waals surface area contributed by atoms with E-state index < -0.39 is 4.92 Å². The van der Waals surface area contributed by atoms with E-state index in [9.17, 15) is 14.9 Å². The Labute approximate surface area is 169 Å². The van der Waals surface area contributed by atoms with Crippen LogP contribution in [0, 0.1) is 10.1 Å². The Hall–Kier alpha value is -2.97. The van der Waals surface area contributed by atoms with Crippen LogP contribution in [0.15, 0.2) is 42.5 Å². The van der Waals surface area contributed by atoms with Gasteiger partial charge in [-0.1, -0.05) is 24.3 Å². The van der Waals surface area contributed by atoms with Gasteiger partial charge in [0.05, 0.1) is 18.1 Å². The molecular weight excluding hydrogens is 372 g/mol. The number of fused-ring (bicyclic) bond motifs is 1. The van der Waals surface area contributed by atoms with E-state index in [0.717, 1.165) is 51.5 Å². The van der Waals surface area contributed by atoms with Crippen LogP contribution in [0.5, 0.6) is 5.75 Å². The molecule has 2 aromatic rings. The largest absolute Gasteiger partial charge is 0.493 e. The monoisotopic (exact) mass is 396 g/mol. The molecule has 2 heterocycles. The molecule has 152 valence electrons. The third-order valence-corrected chi connectivity index (χ3v) is 5.37. The number of benzene rings is 2. The summed E-state index contributed by atoms with van der Waals surface area (Å²) in [5.74, 6) is 0.773. The van der Waals surface area contributed by atoms with Gasteiger partial charge in [0.1, 0.15) is 11.4 Å². The molecule has 0 atom stereocenters. The van der Waals surface area contributed by atoms with E-state index in [4.69, 9.17) is 4.74 Å². The van der Waals surface area contributed by atoms with Crippen LogP contribution in [-0.2, 0) is 17.8 Å². The lowest BCUT2D eigenvalue weighted by atomic mass is 10.1. The lowest BCUT2D eigenvalue weighted by Crippen LogP contribution is -2.48. The van der Waals surface area contributed by atoms with Crippen molar-refractivity contribution in [3.8, 4) is 5.75 Å². The number of carbonyl (C=O) groups is 1. The summed E-state index contributed by atoms with van der Waals surface area (Å²) in [7, 11) is 0. The highest BCUT2D eigenvalue weighted by Crippen LogP contribution is 2.26. The van der Waals surface area contributed by atoms with Gasteiger partial charge >= 0.3 is 0 Å². The van der Waals surface area contributed by atoms with Crippen molar-refractivity contribution in [1.29, 1.82) is 0 Å². The fourth-order valence-corrected chi connectivity index (χ4v) is 3.83. The van der Waals surface area contributed by atoms with Crippen LogP contribution < -0.4 is 10.1 Å². The molecule has 0 spiro atoms. The molecule has 0 bridgehead atoms. The zero-order valence-corrected chi connectivity index (χ0v) is 16.2. The summed E-state index contributed by atoms with van der Waals surface area (Å²) in [5, 5.41) is 13.7. The number of hydrogen-bond acceptors (Lipinski definition) is 6. The molecule has 0 saturated carbocycles. The summed E-state index contributed by atoms with van der Waals surface area (Å²) in [6, 6.07) is 12.6. The molecule has 8 heteroatoms. The first-order chi connectivity index (χ1) is 14.1. The number of amides is 1. The fraction of sp³-hybridized carbons (Fsp3) is 0.381. The average Bonchev–Trinajstić information content (AvgIpc) is 3.17. The van der Waals surface area contributed by atoms with Crippen molar-refractivity contribution >= 4 is 17.3 Å². The van der Waals surface area contributed by atoms with Crippen LogP contribution in [0.25, 0.3) is 0 Å². The summed E-state index contributed by atoms with van der Waals surface area (Å²) in [6.07, 6.45) is 0.978. The normalized spacial score (nSPS) is 16.8. The van der Waals surface area contributed by atoms with Crippen LogP contribution in [0.1, 0.15) is 11.1 Å². The number of para-hydroxylation sites is 2. The number of nitrogens with one attached hydrogen (secondary N) is 1. The average molecular weight is 396 g/mol. The molecule has 0 radical (unpaired) electrons. The molecule has 1 amide bonds. The number of piperazine rings is 1. The molecule has 8 nitrogen and oxygen atoms in total. The van der Waals surface area contributed by atoms with E-state index in [2.05, 4.69) is 33.3 Å². The van der Waals surface area contributed by atoms with Gasteiger partial charge in [-0.15, -0.1) is 0 Å². The first-order valence-corrected chi connectivity index (χ1v) is 9.81. The molecule has 0 aromatic heterocycles. The van der Waals surface area contributed by atoms with Gasteiger partial charge in [-0.2, -0.15) is 0 Å². The fourth-order valence-electron chi connectivity index (χ4n) is 3.83. The minimum Gasteiger partial charge on any atom is -0.493 e. The van der Waals surface area contributed by atoms with Crippen molar-refractivity contribution in [1.82, 2.24) is 9.80 Å². The van der Waals surface area contributed by atoms with Crippen molar-refractivity contribution in [3.63, 3.8) is 0 Å². The third-order valence-electron chi connectivity index (χ3n) is 5.37. The van der Waals surface area contributed by atoms with Crippen molar-refractivity contribution < 1.29 is 14.5 Å². The quantitative estimate of drug-likeness (QED) is 0.595. The van der Waals surface area contributed by atoms with E-state index >= 15 is 0 Å². The van der Waals surface area contributed by atoms with Gasteiger partial charge in [0.25, 0.3) is 5.69 Å². The van der Waals surface area contributed by atoms with Crippen molar-refractivity contribution in [3.05, 3.63) is 63.7 Å². The van der Waals surface area contributed by atoms with Gasteiger partial charge in [0, 0.05) is 45.2 Å². The van der Waals surface area contributed by atoms with E-state index in [-0.39, 0.29) is 23.8 Å². The van der Waals surface area contributed by atoms with Gasteiger partial charge in [0.2, 0.25) is 5.91 Å². The Bertz CT molecular complexity index is 909. The van der Waals surface area contributed by atoms with Crippen LogP contribution in [0.3, 0.4) is 0 Å². The maximum atomic E-state index is 12.3. The highest BCUT2D eigenvalue weighted by atomic mass is 16.6. The predicted octanol–water partition coefficient (Wildman–Crippen LogP) is 2.29. The second-order valence-corrected chi connectivity index (χ2v) is 7.42. The minimum atomic E-state index is -0.487. The number of nitro benzene ring substituents is 1. The van der Waals surface area contributed by atoms with Gasteiger partial charge in [0.15, 0.2) is 0 Å². The molecule has 0 aliphatic carbocycles. The van der Waals surface area contributed by atoms with Crippen LogP contribution in [0.2, 0.25) is 0 Å². The maximum absolute atomic E-state index is 12.3. The molecule has 1 saturated heterocycles. The summed E-state index contributed by atoms with van der Waals surface area (Å²) < 4.78 is 5.56. The van der Waals surface area contributed by atoms with Crippen molar-refractivity contribution in [2.45, 2.75) is 13.0 Å². The topological polar surface area (TPSA) is 88.0 Å². The number of ether oxygens (including phenoxy) is 1. The number of nitrogens with zero attached hydrogens (tertiary/aromatic N) is 3. The van der Waals surface area contributed by atoms with Gasteiger partial charge in [-0.3, -0.25) is 24.7 Å². The third kappa shape index (κ3) is 4.72.